The lowest BCUT2D eigenvalue weighted by molar-refractivity contribution is -0.117. The number of anilines is 1. The van der Waals surface area contributed by atoms with Crippen LogP contribution >= 0.6 is 34.5 Å². The second-order valence-corrected chi connectivity index (χ2v) is 10.1. The number of halogens is 2. The molecule has 0 radical (unpaired) electrons. The molecule has 1 amide bonds. The zero-order chi connectivity index (χ0) is 21.8. The van der Waals surface area contributed by atoms with Gasteiger partial charge in [0.05, 0.1) is 12.1 Å². The molecule has 164 valence electrons. The summed E-state index contributed by atoms with van der Waals surface area (Å²) >= 11 is 14.2. The van der Waals surface area contributed by atoms with Gasteiger partial charge in [0.15, 0.2) is 0 Å². The summed E-state index contributed by atoms with van der Waals surface area (Å²) in [6.45, 7) is 4.37. The van der Waals surface area contributed by atoms with Crippen molar-refractivity contribution in [2.75, 3.05) is 38.0 Å². The first-order valence-electron chi connectivity index (χ1n) is 10.8. The summed E-state index contributed by atoms with van der Waals surface area (Å²) in [5.74, 6) is -0.0458. The second-order valence-electron chi connectivity index (χ2n) is 8.18. The Morgan fingerprint density at radius 2 is 1.74 bits per heavy atom. The molecule has 1 aliphatic carbocycles. The minimum absolute atomic E-state index is 0.0458. The SMILES string of the molecule is N#Cc1c(NC(=O)CN2CCN(Cc3c(Cl)cccc3Cl)CC2)sc2c1CCCCC2. The normalized spacial score (nSPS) is 17.6. The Bertz CT molecular complexity index is 972. The van der Waals surface area contributed by atoms with Crippen molar-refractivity contribution in [2.45, 2.75) is 38.6 Å². The van der Waals surface area contributed by atoms with Crippen molar-refractivity contribution >= 4 is 45.4 Å². The minimum Gasteiger partial charge on any atom is -0.315 e. The van der Waals surface area contributed by atoms with E-state index in [-0.39, 0.29) is 5.91 Å². The molecule has 0 spiro atoms. The van der Waals surface area contributed by atoms with Crippen LogP contribution in [0.1, 0.15) is 40.8 Å². The van der Waals surface area contributed by atoms with Gasteiger partial charge in [0.1, 0.15) is 11.1 Å². The maximum atomic E-state index is 12.7. The molecule has 0 unspecified atom stereocenters. The predicted molar refractivity (Wildman–Crippen MR) is 127 cm³/mol. The highest BCUT2D eigenvalue weighted by molar-refractivity contribution is 7.16. The molecule has 8 heteroatoms. The molecular formula is C23H26Cl2N4OS. The molecule has 2 heterocycles. The number of nitriles is 1. The number of piperazine rings is 1. The van der Waals surface area contributed by atoms with Crippen molar-refractivity contribution in [2.24, 2.45) is 0 Å². The molecule has 5 nitrogen and oxygen atoms in total. The third-order valence-electron chi connectivity index (χ3n) is 6.06. The summed E-state index contributed by atoms with van der Waals surface area (Å²) in [6, 6.07) is 7.92. The lowest BCUT2D eigenvalue weighted by Crippen LogP contribution is -2.48. The Balaban J connectivity index is 1.30. The average molecular weight is 477 g/mol. The zero-order valence-corrected chi connectivity index (χ0v) is 19.8. The van der Waals surface area contributed by atoms with Crippen LogP contribution in [0.15, 0.2) is 18.2 Å². The van der Waals surface area contributed by atoms with Crippen LogP contribution in [-0.4, -0.2) is 48.4 Å². The van der Waals surface area contributed by atoms with Crippen LogP contribution in [0.2, 0.25) is 10.0 Å². The smallest absolute Gasteiger partial charge is 0.239 e. The fraction of sp³-hybridized carbons (Fsp3) is 0.478. The largest absolute Gasteiger partial charge is 0.315 e. The zero-order valence-electron chi connectivity index (χ0n) is 17.4. The van der Waals surface area contributed by atoms with Crippen LogP contribution in [0.3, 0.4) is 0 Å². The molecule has 2 aromatic rings. The number of amides is 1. The van der Waals surface area contributed by atoms with Crippen LogP contribution in [0, 0.1) is 11.3 Å². The average Bonchev–Trinajstić information content (AvgIpc) is 2.91. The lowest BCUT2D eigenvalue weighted by atomic mass is 10.1. The van der Waals surface area contributed by atoms with E-state index in [0.717, 1.165) is 68.0 Å². The highest BCUT2D eigenvalue weighted by Crippen LogP contribution is 2.37. The molecule has 2 aliphatic rings. The predicted octanol–water partition coefficient (Wildman–Crippen LogP) is 4.95. The summed E-state index contributed by atoms with van der Waals surface area (Å²) < 4.78 is 0. The highest BCUT2D eigenvalue weighted by Gasteiger charge is 2.23. The highest BCUT2D eigenvalue weighted by atomic mass is 35.5. The number of fused-ring (bicyclic) bond motifs is 1. The number of rotatable bonds is 5. The number of nitrogens with zero attached hydrogens (tertiary/aromatic N) is 3. The summed E-state index contributed by atoms with van der Waals surface area (Å²) in [5.41, 5.74) is 2.79. The Morgan fingerprint density at radius 3 is 2.45 bits per heavy atom. The molecule has 1 aromatic heterocycles. The van der Waals surface area contributed by atoms with E-state index >= 15 is 0 Å². The van der Waals surface area contributed by atoms with Gasteiger partial charge in [0, 0.05) is 53.2 Å². The topological polar surface area (TPSA) is 59.4 Å². The number of hydrogen-bond donors (Lipinski definition) is 1. The van der Waals surface area contributed by atoms with E-state index in [9.17, 15) is 10.1 Å². The van der Waals surface area contributed by atoms with E-state index in [2.05, 4.69) is 21.2 Å². The minimum atomic E-state index is -0.0458. The van der Waals surface area contributed by atoms with Crippen molar-refractivity contribution in [3.05, 3.63) is 49.8 Å². The maximum absolute atomic E-state index is 12.7. The molecule has 4 rings (SSSR count). The quantitative estimate of drug-likeness (QED) is 0.619. The Kier molecular flexibility index (Phi) is 7.52. The third kappa shape index (κ3) is 5.42. The first-order valence-corrected chi connectivity index (χ1v) is 12.3. The number of aryl methyl sites for hydroxylation is 1. The van der Waals surface area contributed by atoms with E-state index in [1.165, 1.54) is 11.3 Å². The number of benzene rings is 1. The van der Waals surface area contributed by atoms with Gasteiger partial charge in [0.2, 0.25) is 5.91 Å². The van der Waals surface area contributed by atoms with Crippen molar-refractivity contribution in [1.29, 1.82) is 5.26 Å². The van der Waals surface area contributed by atoms with Crippen LogP contribution in [0.4, 0.5) is 5.00 Å². The Labute approximate surface area is 197 Å². The second kappa shape index (κ2) is 10.3. The third-order valence-corrected chi connectivity index (χ3v) is 7.98. The molecule has 0 bridgehead atoms. The van der Waals surface area contributed by atoms with Crippen molar-refractivity contribution in [3.63, 3.8) is 0 Å². The molecule has 1 saturated heterocycles. The van der Waals surface area contributed by atoms with Gasteiger partial charge in [0.25, 0.3) is 0 Å². The summed E-state index contributed by atoms with van der Waals surface area (Å²) in [5, 5.41) is 14.8. The fourth-order valence-corrected chi connectivity index (χ4v) is 6.10. The lowest BCUT2D eigenvalue weighted by Gasteiger charge is -2.34. The van der Waals surface area contributed by atoms with Gasteiger partial charge in [-0.15, -0.1) is 11.3 Å². The molecule has 1 fully saturated rings. The first kappa shape index (κ1) is 22.6. The number of nitrogens with one attached hydrogen (secondary N) is 1. The van der Waals surface area contributed by atoms with E-state index in [0.29, 0.717) is 28.7 Å². The molecular weight excluding hydrogens is 451 g/mol. The summed E-state index contributed by atoms with van der Waals surface area (Å²) in [4.78, 5) is 18.4. The molecule has 0 saturated carbocycles. The van der Waals surface area contributed by atoms with Gasteiger partial charge in [-0.05, 0) is 43.4 Å². The molecule has 1 aromatic carbocycles. The first-order chi connectivity index (χ1) is 15.0. The van der Waals surface area contributed by atoms with Crippen LogP contribution in [-0.2, 0) is 24.2 Å². The van der Waals surface area contributed by atoms with E-state index in [4.69, 9.17) is 23.2 Å². The molecule has 1 aliphatic heterocycles. The van der Waals surface area contributed by atoms with Crippen LogP contribution in [0.5, 0.6) is 0 Å². The van der Waals surface area contributed by atoms with Crippen molar-refractivity contribution < 1.29 is 4.79 Å². The summed E-state index contributed by atoms with van der Waals surface area (Å²) in [7, 11) is 0. The van der Waals surface area contributed by atoms with Crippen molar-refractivity contribution in [1.82, 2.24) is 9.80 Å². The van der Waals surface area contributed by atoms with E-state index < -0.39 is 0 Å². The Hall–Kier alpha value is -1.62. The van der Waals surface area contributed by atoms with Crippen molar-refractivity contribution in [3.8, 4) is 6.07 Å². The fourth-order valence-electron chi connectivity index (χ4n) is 4.33. The number of hydrogen-bond acceptors (Lipinski definition) is 5. The van der Waals surface area contributed by atoms with Crippen LogP contribution < -0.4 is 5.32 Å². The maximum Gasteiger partial charge on any atom is 0.239 e. The molecule has 0 atom stereocenters. The number of carbonyl (C=O) groups excluding carboxylic acids is 1. The molecule has 1 N–H and O–H groups in total. The van der Waals surface area contributed by atoms with Gasteiger partial charge in [-0.25, -0.2) is 0 Å². The van der Waals surface area contributed by atoms with Gasteiger partial charge in [-0.1, -0.05) is 35.7 Å². The van der Waals surface area contributed by atoms with Crippen LogP contribution in [0.25, 0.3) is 0 Å². The van der Waals surface area contributed by atoms with Gasteiger partial charge >= 0.3 is 0 Å². The standard InChI is InChI=1S/C23H26Cl2N4OS/c24-19-6-4-7-20(25)18(19)14-28-9-11-29(12-10-28)15-22(30)27-23-17(13-26)16-5-2-1-3-8-21(16)31-23/h4,6-7H,1-3,5,8-12,14-15H2,(H,27,30). The monoisotopic (exact) mass is 476 g/mol. The number of carbonyl (C=O) groups is 1. The van der Waals surface area contributed by atoms with Gasteiger partial charge in [-0.3, -0.25) is 14.6 Å². The van der Waals surface area contributed by atoms with Gasteiger partial charge < -0.3 is 5.32 Å². The summed E-state index contributed by atoms with van der Waals surface area (Å²) in [6.07, 6.45) is 5.46. The number of thiophene rings is 1. The van der Waals surface area contributed by atoms with E-state index in [1.54, 1.807) is 11.3 Å². The van der Waals surface area contributed by atoms with Gasteiger partial charge in [-0.2, -0.15) is 5.26 Å². The molecule has 31 heavy (non-hydrogen) atoms. The van der Waals surface area contributed by atoms with E-state index in [1.807, 2.05) is 18.2 Å². The Morgan fingerprint density at radius 1 is 1.06 bits per heavy atom.